The van der Waals surface area contributed by atoms with Crippen molar-refractivity contribution in [3.63, 3.8) is 0 Å². The number of hydrogen-bond acceptors (Lipinski definition) is 2. The normalized spacial score (nSPS) is 11.5. The van der Waals surface area contributed by atoms with Crippen LogP contribution in [0.4, 0.5) is 0 Å². The van der Waals surface area contributed by atoms with E-state index >= 15 is 0 Å². The SMILES string of the molecule is CC(C)NCc1n[nH]c2ccc(Cl)cc12. The molecular weight excluding hydrogens is 210 g/mol. The standard InChI is InChI=1S/C11H14ClN3/c1-7(2)13-6-11-9-5-8(12)3-4-10(9)14-15-11/h3-5,7,13H,6H2,1-2H3,(H,14,15). The van der Waals surface area contributed by atoms with Gasteiger partial charge in [-0.2, -0.15) is 5.10 Å². The molecule has 1 heterocycles. The van der Waals surface area contributed by atoms with Crippen LogP contribution in [0.1, 0.15) is 19.5 Å². The minimum atomic E-state index is 0.455. The number of nitrogens with one attached hydrogen (secondary N) is 2. The Balaban J connectivity index is 2.31. The van der Waals surface area contributed by atoms with Gasteiger partial charge in [0, 0.05) is 23.0 Å². The van der Waals surface area contributed by atoms with Crippen molar-refractivity contribution in [3.8, 4) is 0 Å². The molecule has 2 N–H and O–H groups in total. The lowest BCUT2D eigenvalue weighted by molar-refractivity contribution is 0.582. The van der Waals surface area contributed by atoms with Gasteiger partial charge in [-0.15, -0.1) is 0 Å². The maximum Gasteiger partial charge on any atom is 0.0839 e. The van der Waals surface area contributed by atoms with Gasteiger partial charge in [-0.25, -0.2) is 0 Å². The van der Waals surface area contributed by atoms with Gasteiger partial charge in [0.25, 0.3) is 0 Å². The van der Waals surface area contributed by atoms with E-state index < -0.39 is 0 Å². The van der Waals surface area contributed by atoms with Gasteiger partial charge < -0.3 is 5.32 Å². The molecule has 0 radical (unpaired) electrons. The summed E-state index contributed by atoms with van der Waals surface area (Å²) < 4.78 is 0. The topological polar surface area (TPSA) is 40.7 Å². The molecule has 3 nitrogen and oxygen atoms in total. The second-order valence-electron chi connectivity index (χ2n) is 3.90. The van der Waals surface area contributed by atoms with Crippen LogP contribution in [0.25, 0.3) is 10.9 Å². The lowest BCUT2D eigenvalue weighted by Crippen LogP contribution is -2.22. The van der Waals surface area contributed by atoms with Crippen LogP contribution in [0.15, 0.2) is 18.2 Å². The van der Waals surface area contributed by atoms with E-state index in [1.54, 1.807) is 0 Å². The van der Waals surface area contributed by atoms with Gasteiger partial charge in [0.05, 0.1) is 11.2 Å². The summed E-state index contributed by atoms with van der Waals surface area (Å²) in [5, 5.41) is 12.4. The zero-order chi connectivity index (χ0) is 10.8. The summed E-state index contributed by atoms with van der Waals surface area (Å²) in [5.74, 6) is 0. The molecule has 0 unspecified atom stereocenters. The molecule has 0 saturated heterocycles. The third-order valence-electron chi connectivity index (χ3n) is 2.28. The summed E-state index contributed by atoms with van der Waals surface area (Å²) in [6.45, 7) is 4.99. The van der Waals surface area contributed by atoms with Gasteiger partial charge >= 0.3 is 0 Å². The van der Waals surface area contributed by atoms with Crippen LogP contribution in [-0.4, -0.2) is 16.2 Å². The van der Waals surface area contributed by atoms with Crippen molar-refractivity contribution < 1.29 is 0 Å². The molecule has 4 heteroatoms. The first-order valence-corrected chi connectivity index (χ1v) is 5.40. The average molecular weight is 224 g/mol. The summed E-state index contributed by atoms with van der Waals surface area (Å²) in [4.78, 5) is 0. The maximum atomic E-state index is 5.95. The van der Waals surface area contributed by atoms with Crippen LogP contribution in [0.2, 0.25) is 5.02 Å². The van der Waals surface area contributed by atoms with E-state index in [9.17, 15) is 0 Å². The van der Waals surface area contributed by atoms with Gasteiger partial charge in [-0.1, -0.05) is 25.4 Å². The number of benzene rings is 1. The molecular formula is C11H14ClN3. The average Bonchev–Trinajstić information content (AvgIpc) is 2.57. The van der Waals surface area contributed by atoms with E-state index in [0.29, 0.717) is 6.04 Å². The first-order chi connectivity index (χ1) is 7.16. The van der Waals surface area contributed by atoms with Crippen molar-refractivity contribution in [3.05, 3.63) is 28.9 Å². The number of H-pyrrole nitrogens is 1. The predicted octanol–water partition coefficient (Wildman–Crippen LogP) is 2.71. The first kappa shape index (κ1) is 10.5. The van der Waals surface area contributed by atoms with Crippen LogP contribution in [-0.2, 0) is 6.54 Å². The number of nitrogens with zero attached hydrogens (tertiary/aromatic N) is 1. The highest BCUT2D eigenvalue weighted by atomic mass is 35.5. The Labute approximate surface area is 93.8 Å². The Morgan fingerprint density at radius 3 is 3.00 bits per heavy atom. The van der Waals surface area contributed by atoms with Crippen molar-refractivity contribution in [1.82, 2.24) is 15.5 Å². The number of fused-ring (bicyclic) bond motifs is 1. The van der Waals surface area contributed by atoms with E-state index in [-0.39, 0.29) is 0 Å². The van der Waals surface area contributed by atoms with Crippen molar-refractivity contribution in [2.75, 3.05) is 0 Å². The molecule has 0 saturated carbocycles. The van der Waals surface area contributed by atoms with Crippen LogP contribution in [0.5, 0.6) is 0 Å². The molecule has 0 aliphatic heterocycles. The highest BCUT2D eigenvalue weighted by Crippen LogP contribution is 2.20. The molecule has 2 aromatic rings. The second kappa shape index (κ2) is 4.21. The molecule has 80 valence electrons. The lowest BCUT2D eigenvalue weighted by atomic mass is 10.2. The fraction of sp³-hybridized carbons (Fsp3) is 0.364. The highest BCUT2D eigenvalue weighted by Gasteiger charge is 2.06. The zero-order valence-electron chi connectivity index (χ0n) is 8.84. The largest absolute Gasteiger partial charge is 0.309 e. The summed E-state index contributed by atoms with van der Waals surface area (Å²) in [6.07, 6.45) is 0. The van der Waals surface area contributed by atoms with Crippen LogP contribution < -0.4 is 5.32 Å². The molecule has 0 spiro atoms. The summed E-state index contributed by atoms with van der Waals surface area (Å²) in [6, 6.07) is 6.21. The van der Waals surface area contributed by atoms with Gasteiger partial charge in [0.2, 0.25) is 0 Å². The van der Waals surface area contributed by atoms with E-state index in [1.807, 2.05) is 18.2 Å². The fourth-order valence-electron chi connectivity index (χ4n) is 1.48. The molecule has 0 aliphatic rings. The van der Waals surface area contributed by atoms with Crippen molar-refractivity contribution in [2.24, 2.45) is 0 Å². The number of halogens is 1. The Morgan fingerprint density at radius 1 is 1.47 bits per heavy atom. The number of aromatic amines is 1. The first-order valence-electron chi connectivity index (χ1n) is 5.02. The highest BCUT2D eigenvalue weighted by molar-refractivity contribution is 6.31. The van der Waals surface area contributed by atoms with Crippen molar-refractivity contribution >= 4 is 22.5 Å². The minimum absolute atomic E-state index is 0.455. The van der Waals surface area contributed by atoms with Crippen LogP contribution >= 0.6 is 11.6 Å². The predicted molar refractivity (Wildman–Crippen MR) is 63.1 cm³/mol. The smallest absolute Gasteiger partial charge is 0.0839 e. The Morgan fingerprint density at radius 2 is 2.27 bits per heavy atom. The number of rotatable bonds is 3. The summed E-state index contributed by atoms with van der Waals surface area (Å²) >= 11 is 5.95. The third kappa shape index (κ3) is 2.30. The zero-order valence-corrected chi connectivity index (χ0v) is 9.60. The molecule has 15 heavy (non-hydrogen) atoms. The second-order valence-corrected chi connectivity index (χ2v) is 4.33. The molecule has 0 fully saturated rings. The molecule has 0 bridgehead atoms. The lowest BCUT2D eigenvalue weighted by Gasteiger charge is -2.05. The van der Waals surface area contributed by atoms with Crippen molar-refractivity contribution in [2.45, 2.75) is 26.4 Å². The Bertz CT molecular complexity index is 462. The van der Waals surface area contributed by atoms with Gasteiger partial charge in [0.1, 0.15) is 0 Å². The molecule has 2 rings (SSSR count). The third-order valence-corrected chi connectivity index (χ3v) is 2.52. The quantitative estimate of drug-likeness (QED) is 0.840. The van der Waals surface area contributed by atoms with E-state index in [2.05, 4.69) is 29.4 Å². The Kier molecular flexibility index (Phi) is 2.93. The molecule has 0 amide bonds. The number of hydrogen-bond donors (Lipinski definition) is 2. The summed E-state index contributed by atoms with van der Waals surface area (Å²) in [5.41, 5.74) is 2.04. The molecule has 0 aliphatic carbocycles. The maximum absolute atomic E-state index is 5.95. The fourth-order valence-corrected chi connectivity index (χ4v) is 1.65. The molecule has 1 aromatic carbocycles. The van der Waals surface area contributed by atoms with Gasteiger partial charge in [-0.05, 0) is 18.2 Å². The minimum Gasteiger partial charge on any atom is -0.309 e. The molecule has 0 atom stereocenters. The van der Waals surface area contributed by atoms with E-state index in [0.717, 1.165) is 28.2 Å². The van der Waals surface area contributed by atoms with Crippen LogP contribution in [0, 0.1) is 0 Å². The summed E-state index contributed by atoms with van der Waals surface area (Å²) in [7, 11) is 0. The van der Waals surface area contributed by atoms with Crippen molar-refractivity contribution in [1.29, 1.82) is 0 Å². The number of aromatic nitrogens is 2. The van der Waals surface area contributed by atoms with E-state index in [1.165, 1.54) is 0 Å². The molecule has 1 aromatic heterocycles. The van der Waals surface area contributed by atoms with E-state index in [4.69, 9.17) is 11.6 Å². The Hall–Kier alpha value is -1.06. The van der Waals surface area contributed by atoms with Gasteiger partial charge in [0.15, 0.2) is 0 Å². The van der Waals surface area contributed by atoms with Gasteiger partial charge in [-0.3, -0.25) is 5.10 Å². The van der Waals surface area contributed by atoms with Crippen LogP contribution in [0.3, 0.4) is 0 Å². The monoisotopic (exact) mass is 223 g/mol.